The van der Waals surface area contributed by atoms with E-state index < -0.39 is 11.7 Å². The van der Waals surface area contributed by atoms with Gasteiger partial charge >= 0.3 is 6.18 Å². The third-order valence-corrected chi connectivity index (χ3v) is 5.24. The van der Waals surface area contributed by atoms with Crippen molar-refractivity contribution in [3.8, 4) is 0 Å². The fourth-order valence-corrected chi connectivity index (χ4v) is 3.65. The molecule has 0 radical (unpaired) electrons. The zero-order valence-corrected chi connectivity index (χ0v) is 16.6. The van der Waals surface area contributed by atoms with E-state index in [0.717, 1.165) is 6.07 Å². The highest BCUT2D eigenvalue weighted by molar-refractivity contribution is 6.08. The molecular weight excluding hydrogens is 397 g/mol. The molecule has 158 valence electrons. The SMILES string of the molecule is Cc1ccc(Nc2ncc(C(=O)N3CCOCC3)c3c2ccn3C)cc1C(F)(F)F. The number of fused-ring (bicyclic) bond motifs is 1. The highest BCUT2D eigenvalue weighted by atomic mass is 19.4. The van der Waals surface area contributed by atoms with Crippen LogP contribution < -0.4 is 5.32 Å². The number of benzene rings is 1. The summed E-state index contributed by atoms with van der Waals surface area (Å²) >= 11 is 0. The van der Waals surface area contributed by atoms with Crippen LogP contribution in [-0.2, 0) is 18.0 Å². The lowest BCUT2D eigenvalue weighted by molar-refractivity contribution is -0.138. The minimum absolute atomic E-state index is 0.140. The van der Waals surface area contributed by atoms with Crippen molar-refractivity contribution in [2.24, 2.45) is 7.05 Å². The van der Waals surface area contributed by atoms with E-state index in [2.05, 4.69) is 10.3 Å². The molecule has 1 aromatic carbocycles. The molecule has 1 N–H and O–H groups in total. The van der Waals surface area contributed by atoms with Crippen molar-refractivity contribution >= 4 is 28.3 Å². The van der Waals surface area contributed by atoms with Crippen LogP contribution in [0.25, 0.3) is 10.9 Å². The molecule has 0 unspecified atom stereocenters. The Kier molecular flexibility index (Phi) is 5.15. The van der Waals surface area contributed by atoms with E-state index in [-0.39, 0.29) is 17.2 Å². The Morgan fingerprint density at radius 1 is 1.20 bits per heavy atom. The fourth-order valence-electron chi connectivity index (χ4n) is 3.65. The normalized spacial score (nSPS) is 14.9. The van der Waals surface area contributed by atoms with Crippen molar-refractivity contribution in [2.45, 2.75) is 13.1 Å². The van der Waals surface area contributed by atoms with E-state index in [4.69, 9.17) is 4.74 Å². The number of anilines is 2. The van der Waals surface area contributed by atoms with Gasteiger partial charge in [0, 0.05) is 43.6 Å². The molecule has 6 nitrogen and oxygen atoms in total. The number of aryl methyl sites for hydroxylation is 2. The molecule has 0 bridgehead atoms. The van der Waals surface area contributed by atoms with Gasteiger partial charge in [0.15, 0.2) is 0 Å². The summed E-state index contributed by atoms with van der Waals surface area (Å²) in [6, 6.07) is 5.86. The summed E-state index contributed by atoms with van der Waals surface area (Å²) in [7, 11) is 1.82. The maximum absolute atomic E-state index is 13.2. The Morgan fingerprint density at radius 3 is 2.63 bits per heavy atom. The number of pyridine rings is 1. The maximum Gasteiger partial charge on any atom is 0.416 e. The van der Waals surface area contributed by atoms with Crippen LogP contribution in [0.3, 0.4) is 0 Å². The van der Waals surface area contributed by atoms with Gasteiger partial charge in [0.1, 0.15) is 5.82 Å². The van der Waals surface area contributed by atoms with Crippen LogP contribution in [0.5, 0.6) is 0 Å². The summed E-state index contributed by atoms with van der Waals surface area (Å²) in [5, 5.41) is 3.63. The molecule has 0 spiro atoms. The van der Waals surface area contributed by atoms with E-state index in [1.54, 1.807) is 23.2 Å². The smallest absolute Gasteiger partial charge is 0.378 e. The van der Waals surface area contributed by atoms with E-state index in [1.807, 2.05) is 11.6 Å². The van der Waals surface area contributed by atoms with Crippen molar-refractivity contribution in [1.82, 2.24) is 14.5 Å². The predicted molar refractivity (Wildman–Crippen MR) is 107 cm³/mol. The van der Waals surface area contributed by atoms with Gasteiger partial charge in [-0.25, -0.2) is 4.98 Å². The van der Waals surface area contributed by atoms with Crippen molar-refractivity contribution in [3.63, 3.8) is 0 Å². The number of nitrogens with zero attached hydrogens (tertiary/aromatic N) is 3. The number of morpholine rings is 1. The minimum Gasteiger partial charge on any atom is -0.378 e. The highest BCUT2D eigenvalue weighted by Gasteiger charge is 2.32. The summed E-state index contributed by atoms with van der Waals surface area (Å²) in [4.78, 5) is 19.1. The molecule has 0 atom stereocenters. The summed E-state index contributed by atoms with van der Waals surface area (Å²) in [6.45, 7) is 3.42. The summed E-state index contributed by atoms with van der Waals surface area (Å²) in [6.07, 6.45) is -1.17. The monoisotopic (exact) mass is 418 g/mol. The van der Waals surface area contributed by atoms with Gasteiger partial charge in [-0.05, 0) is 30.7 Å². The second kappa shape index (κ2) is 7.64. The number of carbonyl (C=O) groups excluding carboxylic acids is 1. The molecule has 1 saturated heterocycles. The fraction of sp³-hybridized carbons (Fsp3) is 0.333. The van der Waals surface area contributed by atoms with Gasteiger partial charge in [0.05, 0.1) is 29.9 Å². The van der Waals surface area contributed by atoms with Gasteiger partial charge in [-0.1, -0.05) is 6.07 Å². The first-order valence-electron chi connectivity index (χ1n) is 9.51. The molecule has 0 aliphatic carbocycles. The molecule has 4 rings (SSSR count). The van der Waals surface area contributed by atoms with Gasteiger partial charge in [-0.15, -0.1) is 0 Å². The Hall–Kier alpha value is -3.07. The third kappa shape index (κ3) is 3.72. The summed E-state index contributed by atoms with van der Waals surface area (Å²) in [5.41, 5.74) is 0.850. The number of halogens is 3. The average Bonchev–Trinajstić information content (AvgIpc) is 3.11. The van der Waals surface area contributed by atoms with Gasteiger partial charge in [-0.2, -0.15) is 13.2 Å². The lowest BCUT2D eigenvalue weighted by Crippen LogP contribution is -2.40. The Labute approximate surface area is 171 Å². The number of aromatic nitrogens is 2. The number of rotatable bonds is 3. The van der Waals surface area contributed by atoms with Gasteiger partial charge in [0.25, 0.3) is 5.91 Å². The zero-order valence-electron chi connectivity index (χ0n) is 16.6. The second-order valence-electron chi connectivity index (χ2n) is 7.27. The first kappa shape index (κ1) is 20.2. The minimum atomic E-state index is -4.44. The topological polar surface area (TPSA) is 59.4 Å². The lowest BCUT2D eigenvalue weighted by atomic mass is 10.1. The quantitative estimate of drug-likeness (QED) is 0.695. The number of ether oxygens (including phenoxy) is 1. The molecule has 1 aliphatic heterocycles. The van der Waals surface area contributed by atoms with E-state index in [9.17, 15) is 18.0 Å². The zero-order chi connectivity index (χ0) is 21.5. The van der Waals surface area contributed by atoms with Crippen molar-refractivity contribution < 1.29 is 22.7 Å². The Morgan fingerprint density at radius 2 is 1.93 bits per heavy atom. The van der Waals surface area contributed by atoms with Crippen molar-refractivity contribution in [3.05, 3.63) is 53.3 Å². The largest absolute Gasteiger partial charge is 0.416 e. The van der Waals surface area contributed by atoms with E-state index >= 15 is 0 Å². The molecule has 9 heteroatoms. The average molecular weight is 418 g/mol. The van der Waals surface area contributed by atoms with Crippen molar-refractivity contribution in [2.75, 3.05) is 31.6 Å². The van der Waals surface area contributed by atoms with Crippen LogP contribution in [0.15, 0.2) is 36.7 Å². The molecule has 1 fully saturated rings. The van der Waals surface area contributed by atoms with Crippen LogP contribution >= 0.6 is 0 Å². The van der Waals surface area contributed by atoms with Crippen LogP contribution in [0.4, 0.5) is 24.7 Å². The number of hydrogen-bond donors (Lipinski definition) is 1. The molecule has 2 aromatic heterocycles. The first-order chi connectivity index (χ1) is 14.3. The van der Waals surface area contributed by atoms with Crippen molar-refractivity contribution in [1.29, 1.82) is 0 Å². The molecular formula is C21H21F3N4O2. The maximum atomic E-state index is 13.2. The van der Waals surface area contributed by atoms with E-state index in [1.165, 1.54) is 19.2 Å². The Bertz CT molecular complexity index is 1100. The summed E-state index contributed by atoms with van der Waals surface area (Å²) in [5.74, 6) is 0.250. The van der Waals surface area contributed by atoms with Crippen LogP contribution in [0.2, 0.25) is 0 Å². The lowest BCUT2D eigenvalue weighted by Gasteiger charge is -2.27. The van der Waals surface area contributed by atoms with Gasteiger partial charge in [-0.3, -0.25) is 4.79 Å². The van der Waals surface area contributed by atoms with E-state index in [0.29, 0.717) is 48.6 Å². The van der Waals surface area contributed by atoms with Crippen LogP contribution in [0.1, 0.15) is 21.5 Å². The second-order valence-corrected chi connectivity index (χ2v) is 7.27. The predicted octanol–water partition coefficient (Wildman–Crippen LogP) is 4.12. The molecule has 0 saturated carbocycles. The summed E-state index contributed by atoms with van der Waals surface area (Å²) < 4.78 is 46.9. The number of amides is 1. The highest BCUT2D eigenvalue weighted by Crippen LogP contribution is 2.35. The van der Waals surface area contributed by atoms with Crippen LogP contribution in [0, 0.1) is 6.92 Å². The van der Waals surface area contributed by atoms with Crippen LogP contribution in [-0.4, -0.2) is 46.7 Å². The number of carbonyl (C=O) groups is 1. The number of hydrogen-bond acceptors (Lipinski definition) is 4. The standard InChI is InChI=1S/C21H21F3N4O2/c1-13-3-4-14(11-17(13)21(22,23)24)26-19-15-5-6-27(2)18(15)16(12-25-19)20(29)28-7-9-30-10-8-28/h3-6,11-12H,7-10H2,1-2H3,(H,25,26). The number of alkyl halides is 3. The molecule has 30 heavy (non-hydrogen) atoms. The molecule has 1 aliphatic rings. The molecule has 1 amide bonds. The third-order valence-electron chi connectivity index (χ3n) is 5.24. The van der Waals surface area contributed by atoms with Gasteiger partial charge in [0.2, 0.25) is 0 Å². The molecule has 3 aromatic rings. The number of nitrogens with one attached hydrogen (secondary N) is 1. The molecule has 3 heterocycles. The van der Waals surface area contributed by atoms with Gasteiger partial charge < -0.3 is 19.5 Å². The Balaban J connectivity index is 1.71. The first-order valence-corrected chi connectivity index (χ1v) is 9.51.